The van der Waals surface area contributed by atoms with Gasteiger partial charge in [0.05, 0.1) is 23.5 Å². The number of carbonyl (C=O) groups excluding carboxylic acids is 2. The van der Waals surface area contributed by atoms with Crippen molar-refractivity contribution < 1.29 is 22.7 Å². The van der Waals surface area contributed by atoms with Crippen molar-refractivity contribution in [2.24, 2.45) is 11.1 Å². The number of piperidine rings is 1. The minimum atomic E-state index is -3.77. The van der Waals surface area contributed by atoms with Crippen LogP contribution in [0.5, 0.6) is 0 Å². The molecule has 144 valence electrons. The lowest BCUT2D eigenvalue weighted by Crippen LogP contribution is -2.48. The average Bonchev–Trinajstić information content (AvgIpc) is 2.61. The van der Waals surface area contributed by atoms with E-state index in [0.29, 0.717) is 18.8 Å². The third kappa shape index (κ3) is 5.26. The molecule has 1 amide bonds. The predicted molar refractivity (Wildman–Crippen MR) is 96.8 cm³/mol. The predicted octanol–water partition coefficient (Wildman–Crippen LogP) is 0.936. The van der Waals surface area contributed by atoms with Gasteiger partial charge in [-0.25, -0.2) is 13.6 Å². The molecular weight excluding hydrogens is 358 g/mol. The fourth-order valence-electron chi connectivity index (χ4n) is 2.95. The van der Waals surface area contributed by atoms with Gasteiger partial charge >= 0.3 is 5.97 Å². The second kappa shape index (κ2) is 8.61. The Morgan fingerprint density at radius 1 is 1.35 bits per heavy atom. The van der Waals surface area contributed by atoms with Crippen LogP contribution in [-0.2, 0) is 24.3 Å². The van der Waals surface area contributed by atoms with E-state index in [0.717, 1.165) is 19.4 Å². The minimum Gasteiger partial charge on any atom is -0.466 e. The molecule has 2 unspecified atom stereocenters. The number of benzene rings is 1. The molecule has 1 aromatic carbocycles. The van der Waals surface area contributed by atoms with Gasteiger partial charge < -0.3 is 10.1 Å². The van der Waals surface area contributed by atoms with Crippen LogP contribution >= 0.6 is 0 Å². The molecule has 1 saturated heterocycles. The van der Waals surface area contributed by atoms with Gasteiger partial charge in [-0.1, -0.05) is 0 Å². The summed E-state index contributed by atoms with van der Waals surface area (Å²) in [5.74, 6) is -0.658. The van der Waals surface area contributed by atoms with E-state index in [1.807, 2.05) is 4.90 Å². The van der Waals surface area contributed by atoms with Crippen LogP contribution in [0.4, 0.5) is 5.69 Å². The molecule has 8 nitrogen and oxygen atoms in total. The molecule has 3 N–H and O–H groups in total. The number of sulfonamides is 1. The number of hydrogen-bond acceptors (Lipinski definition) is 6. The van der Waals surface area contributed by atoms with Crippen LogP contribution < -0.4 is 10.5 Å². The first kappa shape index (κ1) is 20.3. The highest BCUT2D eigenvalue weighted by Gasteiger charge is 2.31. The summed E-state index contributed by atoms with van der Waals surface area (Å²) >= 11 is 0. The Balaban J connectivity index is 1.97. The zero-order valence-corrected chi connectivity index (χ0v) is 15.8. The largest absolute Gasteiger partial charge is 0.466 e. The van der Waals surface area contributed by atoms with Crippen molar-refractivity contribution in [3.8, 4) is 0 Å². The fourth-order valence-corrected chi connectivity index (χ4v) is 3.47. The van der Waals surface area contributed by atoms with Gasteiger partial charge in [-0.3, -0.25) is 14.5 Å². The van der Waals surface area contributed by atoms with Gasteiger partial charge in [-0.2, -0.15) is 0 Å². The molecule has 0 spiro atoms. The molecule has 0 saturated carbocycles. The third-order valence-corrected chi connectivity index (χ3v) is 5.38. The van der Waals surface area contributed by atoms with Gasteiger partial charge in [-0.05, 0) is 57.5 Å². The maximum Gasteiger partial charge on any atom is 0.310 e. The lowest BCUT2D eigenvalue weighted by Gasteiger charge is -2.35. The molecule has 1 aromatic rings. The summed E-state index contributed by atoms with van der Waals surface area (Å²) in [5, 5.41) is 7.81. The Morgan fingerprint density at radius 2 is 2.00 bits per heavy atom. The van der Waals surface area contributed by atoms with Gasteiger partial charge in [0.15, 0.2) is 0 Å². The van der Waals surface area contributed by atoms with Crippen LogP contribution in [0.1, 0.15) is 26.7 Å². The first-order chi connectivity index (χ1) is 12.2. The summed E-state index contributed by atoms with van der Waals surface area (Å²) in [6, 6.07) is 5.23. The van der Waals surface area contributed by atoms with Crippen molar-refractivity contribution in [1.82, 2.24) is 4.90 Å². The summed E-state index contributed by atoms with van der Waals surface area (Å²) in [5.41, 5.74) is 0.480. The molecular formula is C17H25N3O5S. The Labute approximate surface area is 153 Å². The number of anilines is 1. The summed E-state index contributed by atoms with van der Waals surface area (Å²) in [7, 11) is -3.77. The number of carbonyl (C=O) groups is 2. The summed E-state index contributed by atoms with van der Waals surface area (Å²) in [4.78, 5) is 26.4. The van der Waals surface area contributed by atoms with E-state index in [1.54, 1.807) is 13.8 Å². The highest BCUT2D eigenvalue weighted by Crippen LogP contribution is 2.21. The summed E-state index contributed by atoms with van der Waals surface area (Å²) < 4.78 is 27.6. The van der Waals surface area contributed by atoms with E-state index in [-0.39, 0.29) is 22.7 Å². The van der Waals surface area contributed by atoms with E-state index in [9.17, 15) is 18.0 Å². The van der Waals surface area contributed by atoms with Crippen molar-refractivity contribution in [2.45, 2.75) is 37.6 Å². The van der Waals surface area contributed by atoms with E-state index in [4.69, 9.17) is 9.88 Å². The highest BCUT2D eigenvalue weighted by molar-refractivity contribution is 7.89. The van der Waals surface area contributed by atoms with E-state index in [1.165, 1.54) is 24.3 Å². The van der Waals surface area contributed by atoms with Crippen molar-refractivity contribution in [3.05, 3.63) is 24.3 Å². The molecule has 1 aliphatic rings. The van der Waals surface area contributed by atoms with Crippen molar-refractivity contribution in [2.75, 3.05) is 25.0 Å². The monoisotopic (exact) mass is 383 g/mol. The summed E-state index contributed by atoms with van der Waals surface area (Å²) in [6.07, 6.45) is 1.59. The van der Waals surface area contributed by atoms with Gasteiger partial charge in [0.2, 0.25) is 15.9 Å². The number of hydrogen-bond donors (Lipinski definition) is 2. The molecule has 0 bridgehead atoms. The van der Waals surface area contributed by atoms with E-state index >= 15 is 0 Å². The fraction of sp³-hybridized carbons (Fsp3) is 0.529. The van der Waals surface area contributed by atoms with Crippen LogP contribution in [0, 0.1) is 5.92 Å². The molecule has 0 aromatic heterocycles. The van der Waals surface area contributed by atoms with Crippen molar-refractivity contribution in [3.63, 3.8) is 0 Å². The SMILES string of the molecule is CCOC(=O)C1CCCN(C(C)C(=O)Nc2ccc(S(N)(=O)=O)cc2)C1. The van der Waals surface area contributed by atoms with Crippen LogP contribution in [-0.4, -0.2) is 50.9 Å². The van der Waals surface area contributed by atoms with Crippen LogP contribution in [0.2, 0.25) is 0 Å². The van der Waals surface area contributed by atoms with E-state index < -0.39 is 16.1 Å². The van der Waals surface area contributed by atoms with Gasteiger partial charge in [-0.15, -0.1) is 0 Å². The number of nitrogens with one attached hydrogen (secondary N) is 1. The number of ether oxygens (including phenoxy) is 1. The number of likely N-dealkylation sites (tertiary alicyclic amines) is 1. The number of esters is 1. The van der Waals surface area contributed by atoms with Gasteiger partial charge in [0.25, 0.3) is 0 Å². The van der Waals surface area contributed by atoms with Crippen LogP contribution in [0.15, 0.2) is 29.2 Å². The highest BCUT2D eigenvalue weighted by atomic mass is 32.2. The topological polar surface area (TPSA) is 119 Å². The second-order valence-electron chi connectivity index (χ2n) is 6.32. The Kier molecular flexibility index (Phi) is 6.74. The van der Waals surface area contributed by atoms with Crippen molar-refractivity contribution >= 4 is 27.6 Å². The Bertz CT molecular complexity index is 748. The third-order valence-electron chi connectivity index (χ3n) is 4.45. The molecule has 2 atom stereocenters. The maximum absolute atomic E-state index is 12.5. The van der Waals surface area contributed by atoms with Crippen molar-refractivity contribution in [1.29, 1.82) is 0 Å². The maximum atomic E-state index is 12.5. The molecule has 26 heavy (non-hydrogen) atoms. The summed E-state index contributed by atoms with van der Waals surface area (Å²) in [6.45, 7) is 5.11. The van der Waals surface area contributed by atoms with Crippen LogP contribution in [0.25, 0.3) is 0 Å². The van der Waals surface area contributed by atoms with Crippen LogP contribution in [0.3, 0.4) is 0 Å². The Hall–Kier alpha value is -1.97. The quantitative estimate of drug-likeness (QED) is 0.706. The first-order valence-corrected chi connectivity index (χ1v) is 10.1. The molecule has 9 heteroatoms. The number of primary sulfonamides is 1. The Morgan fingerprint density at radius 3 is 2.58 bits per heavy atom. The molecule has 1 aliphatic heterocycles. The second-order valence-corrected chi connectivity index (χ2v) is 7.88. The molecule has 1 heterocycles. The number of rotatable bonds is 6. The molecule has 2 rings (SSSR count). The molecule has 0 aliphatic carbocycles. The van der Waals surface area contributed by atoms with E-state index in [2.05, 4.69) is 5.32 Å². The smallest absolute Gasteiger partial charge is 0.310 e. The van der Waals surface area contributed by atoms with Gasteiger partial charge in [0.1, 0.15) is 0 Å². The lowest BCUT2D eigenvalue weighted by atomic mass is 9.97. The molecule has 1 fully saturated rings. The molecule has 0 radical (unpaired) electrons. The number of nitrogens with two attached hydrogens (primary N) is 1. The normalized spacial score (nSPS) is 19.6. The first-order valence-electron chi connectivity index (χ1n) is 8.56. The number of amides is 1. The zero-order chi connectivity index (χ0) is 19.3. The zero-order valence-electron chi connectivity index (χ0n) is 15.0. The average molecular weight is 383 g/mol. The number of nitrogens with zero attached hydrogens (tertiary/aromatic N) is 1. The standard InChI is InChI=1S/C17H25N3O5S/c1-3-25-17(22)13-5-4-10-20(11-13)12(2)16(21)19-14-6-8-15(9-7-14)26(18,23)24/h6-9,12-13H,3-5,10-11H2,1-2H3,(H,19,21)(H2,18,23,24). The minimum absolute atomic E-state index is 0.0168. The van der Waals surface area contributed by atoms with Gasteiger partial charge in [0, 0.05) is 12.2 Å². The lowest BCUT2D eigenvalue weighted by molar-refractivity contribution is -0.150.